The molecule has 0 aliphatic heterocycles. The summed E-state index contributed by atoms with van der Waals surface area (Å²) in [6.07, 6.45) is 0.796. The fourth-order valence-corrected chi connectivity index (χ4v) is 1.46. The zero-order chi connectivity index (χ0) is 5.70. The molecule has 0 aromatic rings. The number of alkyl halides is 1. The first-order valence-corrected chi connectivity index (χ1v) is 5.96. The van der Waals surface area contributed by atoms with Gasteiger partial charge in [0.25, 0.3) is 0 Å². The molecule has 0 atom stereocenters. The predicted octanol–water partition coefficient (Wildman–Crippen LogP) is 1.83. The van der Waals surface area contributed by atoms with Crippen LogP contribution < -0.4 is 0 Å². The van der Waals surface area contributed by atoms with Crippen LogP contribution in [0.25, 0.3) is 0 Å². The quantitative estimate of drug-likeness (QED) is 0.498. The van der Waals surface area contributed by atoms with Crippen LogP contribution in [-0.2, 0) is 0 Å². The Balaban J connectivity index is 2.68. The fourth-order valence-electron chi connectivity index (χ4n) is 0.485. The largest absolute Gasteiger partial charge is 0.251 e. The lowest BCUT2D eigenvalue weighted by Gasteiger charge is -1.95. The van der Waals surface area contributed by atoms with Crippen molar-refractivity contribution < 1.29 is 4.39 Å². The Morgan fingerprint density at radius 1 is 1.43 bits per heavy atom. The van der Waals surface area contributed by atoms with Gasteiger partial charge in [-0.1, -0.05) is 19.1 Å². The molecule has 44 valence electrons. The van der Waals surface area contributed by atoms with Crippen molar-refractivity contribution in [3.05, 3.63) is 0 Å². The summed E-state index contributed by atoms with van der Waals surface area (Å²) in [5.74, 6) is 0. The smallest absolute Gasteiger partial charge is 0.0891 e. The van der Waals surface area contributed by atoms with E-state index in [-0.39, 0.29) is 6.67 Å². The minimum atomic E-state index is -0.428. The van der Waals surface area contributed by atoms with Crippen molar-refractivity contribution in [2.45, 2.75) is 25.6 Å². The molecule has 0 rings (SSSR count). The van der Waals surface area contributed by atoms with Crippen LogP contribution in [0.4, 0.5) is 4.39 Å². The normalized spacial score (nSPS) is 10.3. The first-order valence-electron chi connectivity index (χ1n) is 2.83. The van der Waals surface area contributed by atoms with Crippen molar-refractivity contribution >= 4 is 8.80 Å². The van der Waals surface area contributed by atoms with Gasteiger partial charge in [-0.15, -0.1) is 0 Å². The molecule has 0 heterocycles. The molecule has 0 aliphatic carbocycles. The average Bonchev–Trinajstić information content (AvgIpc) is 1.61. The molecule has 0 N–H and O–H groups in total. The van der Waals surface area contributed by atoms with Crippen LogP contribution in [0.15, 0.2) is 0 Å². The molecule has 0 saturated heterocycles. The Bertz CT molecular complexity index is 37.1. The van der Waals surface area contributed by atoms with Gasteiger partial charge < -0.3 is 0 Å². The Morgan fingerprint density at radius 2 is 2.00 bits per heavy atom. The lowest BCUT2D eigenvalue weighted by molar-refractivity contribution is 0.486. The van der Waals surface area contributed by atoms with Gasteiger partial charge >= 0.3 is 0 Å². The molecule has 0 amide bonds. The third-order valence-electron chi connectivity index (χ3n) is 0.915. The van der Waals surface area contributed by atoms with Crippen LogP contribution in [-0.4, -0.2) is 15.5 Å². The maximum Gasteiger partial charge on any atom is 0.0891 e. The van der Waals surface area contributed by atoms with Gasteiger partial charge in [-0.2, -0.15) is 0 Å². The molecule has 0 fully saturated rings. The molecular formula is C5H13FSi. The summed E-state index contributed by atoms with van der Waals surface area (Å²) >= 11 is 0. The van der Waals surface area contributed by atoms with Gasteiger partial charge in [0.2, 0.25) is 0 Å². The van der Waals surface area contributed by atoms with Crippen LogP contribution >= 0.6 is 0 Å². The van der Waals surface area contributed by atoms with Gasteiger partial charge in [0.15, 0.2) is 0 Å². The number of rotatable bonds is 3. The Labute approximate surface area is 46.3 Å². The van der Waals surface area contributed by atoms with E-state index in [0.29, 0.717) is 0 Å². The highest BCUT2D eigenvalue weighted by molar-refractivity contribution is 6.55. The second kappa shape index (κ2) is 4.31. The molecule has 0 spiro atoms. The minimum Gasteiger partial charge on any atom is -0.251 e. The maximum atomic E-state index is 11.4. The Hall–Kier alpha value is 0.147. The van der Waals surface area contributed by atoms with Gasteiger partial charge in [-0.25, -0.2) is 0 Å². The molecule has 0 radical (unpaired) electrons. The second-order valence-corrected chi connectivity index (χ2v) is 5.59. The highest BCUT2D eigenvalue weighted by Gasteiger charge is 1.92. The molecule has 0 nitrogen and oxygen atoms in total. The maximum absolute atomic E-state index is 11.4. The molecule has 0 bridgehead atoms. The summed E-state index contributed by atoms with van der Waals surface area (Å²) in [4.78, 5) is 0. The SMILES string of the molecule is C[SiH](C)CCCF. The second-order valence-electron chi connectivity index (χ2n) is 2.23. The molecule has 2 heteroatoms. The van der Waals surface area contributed by atoms with Crippen molar-refractivity contribution in [2.24, 2.45) is 0 Å². The molecule has 0 aromatic heterocycles. The molecule has 0 unspecified atom stereocenters. The lowest BCUT2D eigenvalue weighted by Crippen LogP contribution is -1.97. The van der Waals surface area contributed by atoms with Gasteiger partial charge in [-0.3, -0.25) is 4.39 Å². The van der Waals surface area contributed by atoms with Crippen molar-refractivity contribution in [2.75, 3.05) is 6.67 Å². The number of hydrogen-bond donors (Lipinski definition) is 0. The monoisotopic (exact) mass is 120 g/mol. The zero-order valence-electron chi connectivity index (χ0n) is 5.08. The van der Waals surface area contributed by atoms with E-state index in [4.69, 9.17) is 0 Å². The zero-order valence-corrected chi connectivity index (χ0v) is 6.23. The molecule has 7 heavy (non-hydrogen) atoms. The van der Waals surface area contributed by atoms with Gasteiger partial charge in [0, 0.05) is 8.80 Å². The summed E-state index contributed by atoms with van der Waals surface area (Å²) < 4.78 is 11.4. The molecule has 0 aliphatic rings. The van der Waals surface area contributed by atoms with E-state index in [9.17, 15) is 4.39 Å². The summed E-state index contributed by atoms with van der Waals surface area (Å²) in [6, 6.07) is 1.16. The third kappa shape index (κ3) is 6.15. The molecule has 0 aromatic carbocycles. The Morgan fingerprint density at radius 3 is 2.14 bits per heavy atom. The van der Waals surface area contributed by atoms with E-state index in [0.717, 1.165) is 12.5 Å². The summed E-state index contributed by atoms with van der Waals surface area (Å²) in [5, 5.41) is 0. The molecule has 0 saturated carbocycles. The van der Waals surface area contributed by atoms with E-state index < -0.39 is 8.80 Å². The predicted molar refractivity (Wildman–Crippen MR) is 34.3 cm³/mol. The van der Waals surface area contributed by atoms with E-state index in [2.05, 4.69) is 13.1 Å². The van der Waals surface area contributed by atoms with E-state index >= 15 is 0 Å². The van der Waals surface area contributed by atoms with Crippen LogP contribution in [0, 0.1) is 0 Å². The average molecular weight is 120 g/mol. The van der Waals surface area contributed by atoms with Gasteiger partial charge in [0.05, 0.1) is 6.67 Å². The number of hydrogen-bond acceptors (Lipinski definition) is 0. The van der Waals surface area contributed by atoms with Gasteiger partial charge in [-0.05, 0) is 6.42 Å². The Kier molecular flexibility index (Phi) is 4.40. The summed E-state index contributed by atoms with van der Waals surface area (Å²) in [7, 11) is -0.428. The topological polar surface area (TPSA) is 0 Å². The minimum absolute atomic E-state index is 0.120. The highest BCUT2D eigenvalue weighted by Crippen LogP contribution is 1.95. The van der Waals surface area contributed by atoms with Gasteiger partial charge in [0.1, 0.15) is 0 Å². The first-order chi connectivity index (χ1) is 3.27. The van der Waals surface area contributed by atoms with E-state index in [1.165, 1.54) is 0 Å². The van der Waals surface area contributed by atoms with Crippen LogP contribution in [0.1, 0.15) is 6.42 Å². The van der Waals surface area contributed by atoms with Crippen molar-refractivity contribution in [3.8, 4) is 0 Å². The van der Waals surface area contributed by atoms with E-state index in [1.54, 1.807) is 0 Å². The van der Waals surface area contributed by atoms with Crippen molar-refractivity contribution in [3.63, 3.8) is 0 Å². The van der Waals surface area contributed by atoms with Crippen molar-refractivity contribution in [1.29, 1.82) is 0 Å². The van der Waals surface area contributed by atoms with Crippen LogP contribution in [0.5, 0.6) is 0 Å². The molecular weight excluding hydrogens is 107 g/mol. The third-order valence-corrected chi connectivity index (χ3v) is 2.48. The summed E-state index contributed by atoms with van der Waals surface area (Å²) in [5.41, 5.74) is 0. The summed E-state index contributed by atoms with van der Waals surface area (Å²) in [6.45, 7) is 4.37. The highest BCUT2D eigenvalue weighted by atomic mass is 28.3. The van der Waals surface area contributed by atoms with Crippen molar-refractivity contribution in [1.82, 2.24) is 0 Å². The standard InChI is InChI=1S/C5H13FSi/c1-7(2)5-3-4-6/h7H,3-5H2,1-2H3. The lowest BCUT2D eigenvalue weighted by atomic mass is 10.6. The first kappa shape index (κ1) is 7.15. The van der Waals surface area contributed by atoms with Crippen LogP contribution in [0.2, 0.25) is 19.1 Å². The van der Waals surface area contributed by atoms with Crippen LogP contribution in [0.3, 0.4) is 0 Å². The van der Waals surface area contributed by atoms with E-state index in [1.807, 2.05) is 0 Å². The number of halogens is 1. The fraction of sp³-hybridized carbons (Fsp3) is 1.00.